The van der Waals surface area contributed by atoms with E-state index in [1.165, 1.54) is 17.8 Å². The zero-order valence-corrected chi connectivity index (χ0v) is 28.3. The summed E-state index contributed by atoms with van der Waals surface area (Å²) in [5.41, 5.74) is 3.75. The number of phenolic OH excluding ortho intramolecular Hbond substituents is 1. The van der Waals surface area contributed by atoms with E-state index < -0.39 is 13.6 Å². The van der Waals surface area contributed by atoms with Gasteiger partial charge in [0.2, 0.25) is 0 Å². The molecule has 43 heavy (non-hydrogen) atoms. The molecule has 7 heteroatoms. The fourth-order valence-corrected chi connectivity index (χ4v) is 12.5. The molecule has 1 N–H and O–H groups in total. The SMILES string of the molecule is CC(C)[Si](Oc1ccc(C(=O)C(Sc2cc(OCc3ccccc3)c(Cl)cc2O)c2ccccc2)cc1)(C(C)C)C(C)C. The van der Waals surface area contributed by atoms with E-state index in [0.29, 0.717) is 44.5 Å². The smallest absolute Gasteiger partial charge is 0.258 e. The standard InChI is InChI=1S/C36H41ClO4SSi/c1-24(2)43(25(3)4,26(5)6)41-30-19-17-28(18-20-30)35(39)36(29-15-11-8-12-16-29)42-34-22-33(31(37)21-32(34)38)40-23-27-13-9-7-10-14-27/h7-22,24-26,36,38H,23H2,1-6H3. The van der Waals surface area contributed by atoms with Crippen LogP contribution in [0.5, 0.6) is 17.2 Å². The van der Waals surface area contributed by atoms with E-state index in [2.05, 4.69) is 41.5 Å². The number of carbonyl (C=O) groups excluding carboxylic acids is 1. The number of halogens is 1. The Balaban J connectivity index is 1.61. The number of hydrogen-bond acceptors (Lipinski definition) is 5. The Morgan fingerprint density at radius 3 is 1.93 bits per heavy atom. The highest BCUT2D eigenvalue weighted by atomic mass is 35.5. The minimum Gasteiger partial charge on any atom is -0.543 e. The molecular weight excluding hydrogens is 592 g/mol. The first-order valence-electron chi connectivity index (χ1n) is 14.8. The fourth-order valence-electron chi connectivity index (χ4n) is 5.89. The van der Waals surface area contributed by atoms with Gasteiger partial charge in [0.25, 0.3) is 8.32 Å². The van der Waals surface area contributed by atoms with Crippen LogP contribution in [0.25, 0.3) is 0 Å². The second-order valence-corrected chi connectivity index (χ2v) is 18.7. The number of hydrogen-bond donors (Lipinski definition) is 1. The monoisotopic (exact) mass is 632 g/mol. The number of carbonyl (C=O) groups is 1. The van der Waals surface area contributed by atoms with Crippen LogP contribution in [0.2, 0.25) is 21.6 Å². The van der Waals surface area contributed by atoms with Crippen molar-refractivity contribution < 1.29 is 19.1 Å². The molecular formula is C36H41ClO4SSi. The molecule has 1 atom stereocenters. The van der Waals surface area contributed by atoms with E-state index in [9.17, 15) is 9.90 Å². The molecule has 0 heterocycles. The van der Waals surface area contributed by atoms with Crippen LogP contribution in [0.15, 0.2) is 102 Å². The lowest BCUT2D eigenvalue weighted by molar-refractivity contribution is 0.0989. The van der Waals surface area contributed by atoms with Crippen molar-refractivity contribution in [3.63, 3.8) is 0 Å². The Morgan fingerprint density at radius 1 is 0.814 bits per heavy atom. The molecule has 0 fully saturated rings. The van der Waals surface area contributed by atoms with Gasteiger partial charge in [-0.05, 0) is 58.1 Å². The molecule has 0 radical (unpaired) electrons. The zero-order chi connectivity index (χ0) is 31.1. The number of ketones is 1. The largest absolute Gasteiger partial charge is 0.543 e. The molecule has 4 rings (SSSR count). The molecule has 1 unspecified atom stereocenters. The second-order valence-electron chi connectivity index (χ2n) is 11.7. The molecule has 0 saturated carbocycles. The average molecular weight is 633 g/mol. The molecule has 0 spiro atoms. The van der Waals surface area contributed by atoms with Crippen LogP contribution in [-0.2, 0) is 6.61 Å². The Kier molecular flexibility index (Phi) is 11.0. The molecule has 0 aliphatic heterocycles. The number of phenols is 1. The molecule has 0 aliphatic carbocycles. The van der Waals surface area contributed by atoms with Crippen LogP contribution in [0.3, 0.4) is 0 Å². The summed E-state index contributed by atoms with van der Waals surface area (Å²) in [5.74, 6) is 1.18. The van der Waals surface area contributed by atoms with Gasteiger partial charge in [0, 0.05) is 11.6 Å². The van der Waals surface area contributed by atoms with Crippen molar-refractivity contribution in [2.24, 2.45) is 0 Å². The lowest BCUT2D eigenvalue weighted by Gasteiger charge is -2.42. The van der Waals surface area contributed by atoms with Crippen molar-refractivity contribution in [1.29, 1.82) is 0 Å². The fraction of sp³-hybridized carbons (Fsp3) is 0.306. The highest BCUT2D eigenvalue weighted by Crippen LogP contribution is 2.46. The number of rotatable bonds is 13. The third-order valence-electron chi connectivity index (χ3n) is 7.98. The summed E-state index contributed by atoms with van der Waals surface area (Å²) in [5, 5.41) is 10.5. The zero-order valence-electron chi connectivity index (χ0n) is 25.7. The Labute approximate surface area is 266 Å². The highest BCUT2D eigenvalue weighted by molar-refractivity contribution is 8.00. The van der Waals surface area contributed by atoms with Crippen LogP contribution in [-0.4, -0.2) is 19.2 Å². The molecule has 4 nitrogen and oxygen atoms in total. The van der Waals surface area contributed by atoms with Gasteiger partial charge in [-0.25, -0.2) is 0 Å². The summed E-state index contributed by atoms with van der Waals surface area (Å²) in [6, 6.07) is 30.1. The third-order valence-corrected chi connectivity index (χ3v) is 15.6. The maximum absolute atomic E-state index is 14.1. The van der Waals surface area contributed by atoms with Gasteiger partial charge in [0.1, 0.15) is 23.9 Å². The molecule has 4 aromatic carbocycles. The van der Waals surface area contributed by atoms with E-state index >= 15 is 0 Å². The van der Waals surface area contributed by atoms with E-state index in [4.69, 9.17) is 20.8 Å². The Hall–Kier alpha value is -3.19. The Bertz CT molecular complexity index is 1470. The summed E-state index contributed by atoms with van der Waals surface area (Å²) in [6.07, 6.45) is 0. The van der Waals surface area contributed by atoms with Gasteiger partial charge in [-0.3, -0.25) is 4.79 Å². The third kappa shape index (κ3) is 7.67. The second kappa shape index (κ2) is 14.5. The van der Waals surface area contributed by atoms with Crippen LogP contribution in [0, 0.1) is 0 Å². The van der Waals surface area contributed by atoms with E-state index in [0.717, 1.165) is 16.9 Å². The van der Waals surface area contributed by atoms with Crippen molar-refractivity contribution >= 4 is 37.5 Å². The van der Waals surface area contributed by atoms with Gasteiger partial charge < -0.3 is 14.3 Å². The van der Waals surface area contributed by atoms with E-state index in [1.807, 2.05) is 84.9 Å². The number of ether oxygens (including phenoxy) is 1. The van der Waals surface area contributed by atoms with Gasteiger partial charge in [-0.1, -0.05) is 114 Å². The lowest BCUT2D eigenvalue weighted by Crippen LogP contribution is -2.50. The summed E-state index contributed by atoms with van der Waals surface area (Å²) >= 11 is 7.71. The number of thioether (sulfide) groups is 1. The molecule has 226 valence electrons. The summed E-state index contributed by atoms with van der Waals surface area (Å²) in [4.78, 5) is 14.6. The van der Waals surface area contributed by atoms with Crippen LogP contribution >= 0.6 is 23.4 Å². The number of Topliss-reactive ketones (excluding diaryl/α,β-unsaturated/α-hetero) is 1. The minimum absolute atomic E-state index is 0.00288. The van der Waals surface area contributed by atoms with Crippen molar-refractivity contribution in [1.82, 2.24) is 0 Å². The normalized spacial score (nSPS) is 12.5. The topological polar surface area (TPSA) is 55.8 Å². The maximum atomic E-state index is 14.1. The lowest BCUT2D eigenvalue weighted by atomic mass is 10.0. The van der Waals surface area contributed by atoms with Crippen molar-refractivity contribution in [2.45, 2.75) is 74.9 Å². The van der Waals surface area contributed by atoms with E-state index in [1.54, 1.807) is 6.07 Å². The molecule has 0 amide bonds. The first-order valence-corrected chi connectivity index (χ1v) is 18.2. The van der Waals surface area contributed by atoms with E-state index in [-0.39, 0.29) is 11.5 Å². The Morgan fingerprint density at radius 2 is 1.37 bits per heavy atom. The van der Waals surface area contributed by atoms with Gasteiger partial charge >= 0.3 is 0 Å². The molecule has 4 aromatic rings. The first kappa shape index (κ1) is 32.7. The molecule has 0 bridgehead atoms. The van der Waals surface area contributed by atoms with Crippen molar-refractivity contribution in [3.05, 3.63) is 119 Å². The summed E-state index contributed by atoms with van der Waals surface area (Å²) < 4.78 is 12.8. The molecule has 0 saturated heterocycles. The van der Waals surface area contributed by atoms with Crippen LogP contribution in [0.1, 0.15) is 68.3 Å². The van der Waals surface area contributed by atoms with Gasteiger partial charge in [0.15, 0.2) is 5.78 Å². The molecule has 0 aliphatic rings. The minimum atomic E-state index is -2.12. The number of aromatic hydroxyl groups is 1. The van der Waals surface area contributed by atoms with Crippen molar-refractivity contribution in [2.75, 3.05) is 0 Å². The first-order chi connectivity index (χ1) is 20.5. The molecule has 0 aromatic heterocycles. The summed E-state index contributed by atoms with van der Waals surface area (Å²) in [6.45, 7) is 13.9. The predicted octanol–water partition coefficient (Wildman–Crippen LogP) is 10.9. The quantitative estimate of drug-likeness (QED) is 0.0902. The highest BCUT2D eigenvalue weighted by Gasteiger charge is 2.47. The van der Waals surface area contributed by atoms with Gasteiger partial charge in [-0.15, -0.1) is 11.8 Å². The maximum Gasteiger partial charge on any atom is 0.258 e. The summed E-state index contributed by atoms with van der Waals surface area (Å²) in [7, 11) is -2.12. The predicted molar refractivity (Wildman–Crippen MR) is 181 cm³/mol. The van der Waals surface area contributed by atoms with Crippen molar-refractivity contribution in [3.8, 4) is 17.2 Å². The average Bonchev–Trinajstić information content (AvgIpc) is 2.99. The van der Waals surface area contributed by atoms with Gasteiger partial charge in [0.05, 0.1) is 15.2 Å². The van der Waals surface area contributed by atoms with Gasteiger partial charge in [-0.2, -0.15) is 0 Å². The van der Waals surface area contributed by atoms with Crippen LogP contribution in [0.4, 0.5) is 0 Å². The number of benzene rings is 4. The van der Waals surface area contributed by atoms with Crippen LogP contribution < -0.4 is 9.16 Å².